The van der Waals surface area contributed by atoms with Gasteiger partial charge in [-0.25, -0.2) is 9.67 Å². The molecule has 0 saturated carbocycles. The summed E-state index contributed by atoms with van der Waals surface area (Å²) in [4.78, 5) is 16.0. The lowest BCUT2D eigenvalue weighted by Crippen LogP contribution is -2.21. The summed E-state index contributed by atoms with van der Waals surface area (Å²) >= 11 is 5.38. The number of hydrogen-bond donors (Lipinski definition) is 3. The maximum absolute atomic E-state index is 12.4. The Labute approximate surface area is 178 Å². The Bertz CT molecular complexity index is 1100. The lowest BCUT2D eigenvalue weighted by molar-refractivity contribution is -0.274. The number of benzene rings is 1. The van der Waals surface area contributed by atoms with Crippen molar-refractivity contribution in [3.63, 3.8) is 0 Å². The van der Waals surface area contributed by atoms with Crippen molar-refractivity contribution in [2.24, 2.45) is 0 Å². The summed E-state index contributed by atoms with van der Waals surface area (Å²) < 4.78 is 42.4. The molecule has 1 amide bonds. The van der Waals surface area contributed by atoms with Crippen LogP contribution < -0.4 is 10.1 Å². The van der Waals surface area contributed by atoms with Gasteiger partial charge in [-0.05, 0) is 35.9 Å². The van der Waals surface area contributed by atoms with Crippen LogP contribution in [0.25, 0.3) is 16.7 Å². The van der Waals surface area contributed by atoms with Gasteiger partial charge in [-0.1, -0.05) is 11.6 Å². The van der Waals surface area contributed by atoms with Crippen molar-refractivity contribution in [3.05, 3.63) is 59.4 Å². The highest BCUT2D eigenvalue weighted by atomic mass is 35.5. The van der Waals surface area contributed by atoms with E-state index in [4.69, 9.17) is 11.6 Å². The monoisotopic (exact) mass is 456 g/mol. The zero-order valence-electron chi connectivity index (χ0n) is 15.7. The third-order valence-electron chi connectivity index (χ3n) is 4.16. The Kier molecular flexibility index (Phi) is 6.78. The van der Waals surface area contributed by atoms with Gasteiger partial charge in [0.2, 0.25) is 5.91 Å². The number of ether oxygens (including phenoxy) is 1. The number of aliphatic hydroxyl groups is 2. The van der Waals surface area contributed by atoms with Crippen LogP contribution in [0.1, 0.15) is 17.4 Å². The predicted molar refractivity (Wildman–Crippen MR) is 104 cm³/mol. The zero-order chi connectivity index (χ0) is 22.6. The van der Waals surface area contributed by atoms with Gasteiger partial charge in [-0.2, -0.15) is 5.10 Å². The molecule has 1 atom stereocenters. The maximum atomic E-state index is 12.4. The summed E-state index contributed by atoms with van der Waals surface area (Å²) in [6.07, 6.45) is -3.56. The van der Waals surface area contributed by atoms with E-state index in [0.29, 0.717) is 22.3 Å². The fourth-order valence-electron chi connectivity index (χ4n) is 2.90. The van der Waals surface area contributed by atoms with Crippen LogP contribution in [0.4, 0.5) is 13.2 Å². The second kappa shape index (κ2) is 9.33. The zero-order valence-corrected chi connectivity index (χ0v) is 16.4. The molecule has 164 valence electrons. The van der Waals surface area contributed by atoms with Crippen molar-refractivity contribution in [2.45, 2.75) is 19.0 Å². The number of pyridine rings is 1. The van der Waals surface area contributed by atoms with Gasteiger partial charge in [0.25, 0.3) is 0 Å². The molecule has 1 aromatic carbocycles. The number of fused-ring (bicyclic) bond motifs is 1. The van der Waals surface area contributed by atoms with Gasteiger partial charge in [-0.3, -0.25) is 4.79 Å². The molecule has 3 rings (SSSR count). The van der Waals surface area contributed by atoms with Crippen LogP contribution in [-0.4, -0.2) is 43.9 Å². The number of carbonyl (C=O) groups excluding carboxylic acids is 1. The molecule has 0 spiro atoms. The van der Waals surface area contributed by atoms with E-state index in [2.05, 4.69) is 20.1 Å². The number of aliphatic hydroxyl groups excluding tert-OH is 2. The van der Waals surface area contributed by atoms with Gasteiger partial charge >= 0.3 is 6.36 Å². The van der Waals surface area contributed by atoms with Crippen LogP contribution >= 0.6 is 11.6 Å². The molecule has 0 saturated heterocycles. The van der Waals surface area contributed by atoms with Crippen molar-refractivity contribution in [1.82, 2.24) is 20.1 Å². The molecule has 1 unspecified atom stereocenters. The lowest BCUT2D eigenvalue weighted by atomic mass is 10.1. The molecule has 0 radical (unpaired) electrons. The minimum absolute atomic E-state index is 0.0598. The quantitative estimate of drug-likeness (QED) is 0.472. The molecule has 3 aromatic rings. The largest absolute Gasteiger partial charge is 0.573 e. The van der Waals surface area contributed by atoms with Gasteiger partial charge in [-0.15, -0.1) is 13.2 Å². The van der Waals surface area contributed by atoms with Crippen molar-refractivity contribution < 1.29 is 32.9 Å². The minimum atomic E-state index is -4.82. The summed E-state index contributed by atoms with van der Waals surface area (Å²) in [7, 11) is 0. The molecular weight excluding hydrogens is 441 g/mol. The van der Waals surface area contributed by atoms with Crippen LogP contribution in [0.5, 0.6) is 5.75 Å². The molecule has 0 fully saturated rings. The summed E-state index contributed by atoms with van der Waals surface area (Å²) in [6.45, 7) is -0.621. The van der Waals surface area contributed by atoms with E-state index in [0.717, 1.165) is 23.7 Å². The molecule has 0 aliphatic rings. The van der Waals surface area contributed by atoms with Gasteiger partial charge < -0.3 is 20.3 Å². The molecule has 31 heavy (non-hydrogen) atoms. The number of rotatable bonds is 7. The molecular formula is C19H16ClF3N4O4. The van der Waals surface area contributed by atoms with Crippen LogP contribution in [0.15, 0.2) is 48.1 Å². The summed E-state index contributed by atoms with van der Waals surface area (Å²) in [5, 5.41) is 26.9. The maximum Gasteiger partial charge on any atom is 0.573 e. The number of aromatic nitrogens is 3. The first kappa shape index (κ1) is 22.5. The van der Waals surface area contributed by atoms with Gasteiger partial charge in [0.1, 0.15) is 11.9 Å². The van der Waals surface area contributed by atoms with Gasteiger partial charge in [0.15, 0.2) is 5.65 Å². The fraction of sp³-hybridized carbons (Fsp3) is 0.211. The molecule has 0 aliphatic carbocycles. The number of halogens is 4. The average molecular weight is 457 g/mol. The normalized spacial score (nSPS) is 13.0. The van der Waals surface area contributed by atoms with Crippen molar-refractivity contribution >= 4 is 28.5 Å². The Morgan fingerprint density at radius 1 is 1.29 bits per heavy atom. The smallest absolute Gasteiger partial charge is 0.406 e. The molecule has 0 bridgehead atoms. The first-order valence-corrected chi connectivity index (χ1v) is 9.23. The molecule has 3 N–H and O–H groups in total. The van der Waals surface area contributed by atoms with Crippen LogP contribution in [0, 0.1) is 0 Å². The Balaban J connectivity index is 2.06. The van der Waals surface area contributed by atoms with E-state index < -0.39 is 30.7 Å². The van der Waals surface area contributed by atoms with Crippen molar-refractivity contribution in [3.8, 4) is 11.4 Å². The van der Waals surface area contributed by atoms with E-state index in [1.54, 1.807) is 0 Å². The molecule has 12 heteroatoms. The Morgan fingerprint density at radius 2 is 2.00 bits per heavy atom. The highest BCUT2D eigenvalue weighted by Crippen LogP contribution is 2.29. The molecule has 2 aromatic heterocycles. The number of amides is 1. The topological polar surface area (TPSA) is 110 Å². The average Bonchev–Trinajstić information content (AvgIpc) is 3.10. The summed E-state index contributed by atoms with van der Waals surface area (Å²) in [5.74, 6) is -0.892. The number of carbonyl (C=O) groups is 1. The number of hydrogen-bond acceptors (Lipinski definition) is 6. The van der Waals surface area contributed by atoms with Crippen LogP contribution in [0.3, 0.4) is 0 Å². The van der Waals surface area contributed by atoms with Crippen LogP contribution in [-0.2, 0) is 11.3 Å². The standard InChI is InChI=1S/C19H16ClF3N4O4/c20-7-5-16(30)25-9-14-17-13(15(29)10-28)6-8-24-18(17)27(26-14)11-1-3-12(4-2-11)31-19(21,22)23/h1-8,15,28-29H,9-10H2,(H,25,30)/b7-5-. The van der Waals surface area contributed by atoms with Gasteiger partial charge in [0, 0.05) is 17.8 Å². The van der Waals surface area contributed by atoms with Crippen molar-refractivity contribution in [2.75, 3.05) is 6.61 Å². The molecule has 0 aliphatic heterocycles. The summed E-state index contributed by atoms with van der Waals surface area (Å²) in [6, 6.07) is 6.44. The van der Waals surface area contributed by atoms with E-state index in [1.165, 1.54) is 29.1 Å². The number of nitrogens with zero attached hydrogens (tertiary/aromatic N) is 3. The first-order chi connectivity index (χ1) is 14.7. The second-order valence-electron chi connectivity index (χ2n) is 6.21. The van der Waals surface area contributed by atoms with Gasteiger partial charge in [0.05, 0.1) is 29.9 Å². The minimum Gasteiger partial charge on any atom is -0.406 e. The fourth-order valence-corrected chi connectivity index (χ4v) is 3.01. The van der Waals surface area contributed by atoms with E-state index in [-0.39, 0.29) is 12.2 Å². The number of alkyl halides is 3. The second-order valence-corrected chi connectivity index (χ2v) is 6.46. The van der Waals surface area contributed by atoms with E-state index in [9.17, 15) is 28.2 Å². The van der Waals surface area contributed by atoms with Crippen molar-refractivity contribution in [1.29, 1.82) is 0 Å². The molecule has 2 heterocycles. The van der Waals surface area contributed by atoms with Crippen LogP contribution in [0.2, 0.25) is 0 Å². The molecule has 8 nitrogen and oxygen atoms in total. The Morgan fingerprint density at radius 3 is 2.61 bits per heavy atom. The summed E-state index contributed by atoms with van der Waals surface area (Å²) in [5.41, 5.74) is 2.32. The first-order valence-electron chi connectivity index (χ1n) is 8.79. The lowest BCUT2D eigenvalue weighted by Gasteiger charge is -2.10. The third kappa shape index (κ3) is 5.32. The highest BCUT2D eigenvalue weighted by molar-refractivity contribution is 6.26. The van der Waals surface area contributed by atoms with E-state index >= 15 is 0 Å². The SMILES string of the molecule is O=C(/C=C\Cl)NCc1nn(-c2ccc(OC(F)(F)F)cc2)c2nccc(C(O)CO)c12. The predicted octanol–water partition coefficient (Wildman–Crippen LogP) is 2.71. The highest BCUT2D eigenvalue weighted by Gasteiger charge is 2.31. The number of nitrogens with one attached hydrogen (secondary N) is 1. The Hall–Kier alpha value is -3.15. The third-order valence-corrected chi connectivity index (χ3v) is 4.29. The van der Waals surface area contributed by atoms with E-state index in [1.807, 2.05) is 0 Å².